The van der Waals surface area contributed by atoms with E-state index >= 15 is 0 Å². The first-order valence-corrected chi connectivity index (χ1v) is 8.89. The minimum absolute atomic E-state index is 0.290. The van der Waals surface area contributed by atoms with Crippen molar-refractivity contribution in [2.24, 2.45) is 0 Å². The van der Waals surface area contributed by atoms with Gasteiger partial charge >= 0.3 is 0 Å². The first kappa shape index (κ1) is 14.8. The summed E-state index contributed by atoms with van der Waals surface area (Å²) in [6, 6.07) is 0.875. The van der Waals surface area contributed by atoms with E-state index in [1.807, 2.05) is 16.9 Å². The first-order chi connectivity index (χ1) is 11.1. The van der Waals surface area contributed by atoms with Gasteiger partial charge in [-0.25, -0.2) is 9.50 Å². The maximum absolute atomic E-state index is 6.33. The molecule has 2 aromatic rings. The number of rotatable bonds is 2. The highest BCUT2D eigenvalue weighted by Crippen LogP contribution is 2.41. The number of hydrogen-bond donors (Lipinski definition) is 0. The van der Waals surface area contributed by atoms with Gasteiger partial charge in [-0.1, -0.05) is 20.3 Å². The zero-order valence-electron chi connectivity index (χ0n) is 14.5. The van der Waals surface area contributed by atoms with Gasteiger partial charge in [-0.15, -0.1) is 0 Å². The van der Waals surface area contributed by atoms with Crippen LogP contribution in [-0.4, -0.2) is 32.8 Å². The van der Waals surface area contributed by atoms with Crippen LogP contribution in [0.25, 0.3) is 5.65 Å². The molecule has 1 fully saturated rings. The molecule has 0 bridgehead atoms. The van der Waals surface area contributed by atoms with Gasteiger partial charge in [0.25, 0.3) is 0 Å². The van der Waals surface area contributed by atoms with E-state index in [4.69, 9.17) is 9.72 Å². The molecular weight excluding hydrogens is 288 g/mol. The predicted octanol–water partition coefficient (Wildman–Crippen LogP) is 3.77. The third-order valence-electron chi connectivity index (χ3n) is 5.19. The van der Waals surface area contributed by atoms with Crippen LogP contribution < -0.4 is 9.64 Å². The molecule has 0 amide bonds. The molecular formula is C18H26N4O. The van der Waals surface area contributed by atoms with Gasteiger partial charge in [0.15, 0.2) is 17.2 Å². The van der Waals surface area contributed by atoms with Crippen LogP contribution in [0.2, 0.25) is 0 Å². The molecule has 2 aromatic heterocycles. The summed E-state index contributed by atoms with van der Waals surface area (Å²) in [5.41, 5.74) is 2.16. The smallest absolute Gasteiger partial charge is 0.180 e. The molecule has 0 N–H and O–H groups in total. The van der Waals surface area contributed by atoms with Gasteiger partial charge in [0, 0.05) is 11.6 Å². The molecule has 2 atom stereocenters. The Kier molecular flexibility index (Phi) is 3.47. The van der Waals surface area contributed by atoms with Crippen LogP contribution in [0.3, 0.4) is 0 Å². The molecule has 0 unspecified atom stereocenters. The molecule has 3 heterocycles. The second-order valence-electron chi connectivity index (χ2n) is 7.46. The molecule has 0 radical (unpaired) electrons. The number of aromatic nitrogens is 3. The fraction of sp³-hybridized carbons (Fsp3) is 0.667. The highest BCUT2D eigenvalue weighted by atomic mass is 16.5. The molecule has 5 nitrogen and oxygen atoms in total. The second-order valence-corrected chi connectivity index (χ2v) is 7.46. The zero-order valence-corrected chi connectivity index (χ0v) is 14.5. The normalized spacial score (nSPS) is 24.0. The lowest BCUT2D eigenvalue weighted by atomic mass is 9.89. The van der Waals surface area contributed by atoms with E-state index < -0.39 is 0 Å². The van der Waals surface area contributed by atoms with Gasteiger partial charge in [-0.05, 0) is 39.0 Å². The minimum atomic E-state index is 0.290. The van der Waals surface area contributed by atoms with Gasteiger partial charge in [0.05, 0.1) is 18.4 Å². The second kappa shape index (κ2) is 5.39. The van der Waals surface area contributed by atoms with Crippen molar-refractivity contribution >= 4 is 11.5 Å². The summed E-state index contributed by atoms with van der Waals surface area (Å²) in [4.78, 5) is 7.48. The van der Waals surface area contributed by atoms with Gasteiger partial charge in [0.2, 0.25) is 0 Å². The zero-order chi connectivity index (χ0) is 16.1. The number of nitrogens with zero attached hydrogens (tertiary/aromatic N) is 4. The van der Waals surface area contributed by atoms with E-state index in [-0.39, 0.29) is 6.10 Å². The van der Waals surface area contributed by atoms with Crippen LogP contribution >= 0.6 is 0 Å². The van der Waals surface area contributed by atoms with Crippen molar-refractivity contribution in [3.8, 4) is 5.75 Å². The molecule has 0 aromatic carbocycles. The number of ether oxygens (including phenoxy) is 1. The van der Waals surface area contributed by atoms with Crippen LogP contribution in [0.1, 0.15) is 64.9 Å². The van der Waals surface area contributed by atoms with E-state index in [1.165, 1.54) is 24.8 Å². The van der Waals surface area contributed by atoms with Crippen molar-refractivity contribution in [2.45, 2.75) is 77.5 Å². The van der Waals surface area contributed by atoms with Crippen LogP contribution in [0.5, 0.6) is 5.75 Å². The van der Waals surface area contributed by atoms with Crippen LogP contribution in [-0.2, 0) is 0 Å². The fourth-order valence-electron chi connectivity index (χ4n) is 4.06. The van der Waals surface area contributed by atoms with Crippen molar-refractivity contribution in [3.05, 3.63) is 18.0 Å². The van der Waals surface area contributed by atoms with Crippen molar-refractivity contribution < 1.29 is 4.74 Å². The van der Waals surface area contributed by atoms with Crippen LogP contribution in [0, 0.1) is 0 Å². The molecule has 1 saturated carbocycles. The maximum Gasteiger partial charge on any atom is 0.180 e. The molecule has 2 aliphatic rings. The average molecular weight is 314 g/mol. The third kappa shape index (κ3) is 2.28. The lowest BCUT2D eigenvalue weighted by Gasteiger charge is -2.46. The molecule has 0 saturated heterocycles. The van der Waals surface area contributed by atoms with Crippen molar-refractivity contribution in [2.75, 3.05) is 4.90 Å². The molecule has 0 spiro atoms. The SMILES string of the molecule is CC(C)c1cnn2cc3c(nc12)N(C(C)C)[C@@H]1CCCC[C@H]1O3. The summed E-state index contributed by atoms with van der Waals surface area (Å²) >= 11 is 0. The van der Waals surface area contributed by atoms with Crippen LogP contribution in [0.4, 0.5) is 5.82 Å². The molecule has 1 aliphatic carbocycles. The number of fused-ring (bicyclic) bond motifs is 3. The first-order valence-electron chi connectivity index (χ1n) is 8.89. The Morgan fingerprint density at radius 2 is 1.96 bits per heavy atom. The summed E-state index contributed by atoms with van der Waals surface area (Å²) in [7, 11) is 0. The Morgan fingerprint density at radius 3 is 2.70 bits per heavy atom. The molecule has 23 heavy (non-hydrogen) atoms. The standard InChI is InChI=1S/C18H26N4O/c1-11(2)13-9-19-21-10-16-18(20-17(13)21)22(12(3)4)14-7-5-6-8-15(14)23-16/h9-12,14-15H,5-8H2,1-4H3/t14-,15-/m1/s1. The monoisotopic (exact) mass is 314 g/mol. The Bertz CT molecular complexity index is 721. The lowest BCUT2D eigenvalue weighted by molar-refractivity contribution is 0.108. The van der Waals surface area contributed by atoms with E-state index in [0.29, 0.717) is 18.0 Å². The van der Waals surface area contributed by atoms with Crippen LogP contribution in [0.15, 0.2) is 12.4 Å². The van der Waals surface area contributed by atoms with Gasteiger partial charge in [-0.3, -0.25) is 0 Å². The lowest BCUT2D eigenvalue weighted by Crippen LogP contribution is -2.54. The van der Waals surface area contributed by atoms with Crippen molar-refractivity contribution in [1.29, 1.82) is 0 Å². The Hall–Kier alpha value is -1.78. The highest BCUT2D eigenvalue weighted by molar-refractivity contribution is 5.62. The molecule has 5 heteroatoms. The predicted molar refractivity (Wildman–Crippen MR) is 91.4 cm³/mol. The highest BCUT2D eigenvalue weighted by Gasteiger charge is 2.40. The summed E-state index contributed by atoms with van der Waals surface area (Å²) in [6.45, 7) is 8.89. The van der Waals surface area contributed by atoms with Crippen molar-refractivity contribution in [3.63, 3.8) is 0 Å². The summed E-state index contributed by atoms with van der Waals surface area (Å²) in [5, 5.41) is 4.48. The summed E-state index contributed by atoms with van der Waals surface area (Å²) < 4.78 is 8.20. The van der Waals surface area contributed by atoms with Crippen molar-refractivity contribution in [1.82, 2.24) is 14.6 Å². The fourth-order valence-corrected chi connectivity index (χ4v) is 4.06. The van der Waals surface area contributed by atoms with Gasteiger partial charge in [-0.2, -0.15) is 5.10 Å². The van der Waals surface area contributed by atoms with E-state index in [2.05, 4.69) is 37.7 Å². The average Bonchev–Trinajstić information content (AvgIpc) is 2.92. The third-order valence-corrected chi connectivity index (χ3v) is 5.19. The summed E-state index contributed by atoms with van der Waals surface area (Å²) in [6.07, 6.45) is 9.13. The van der Waals surface area contributed by atoms with E-state index in [0.717, 1.165) is 23.6 Å². The largest absolute Gasteiger partial charge is 0.483 e. The van der Waals surface area contributed by atoms with Gasteiger partial charge in [0.1, 0.15) is 6.10 Å². The molecule has 124 valence electrons. The Labute approximate surface area is 137 Å². The van der Waals surface area contributed by atoms with Gasteiger partial charge < -0.3 is 9.64 Å². The molecule has 4 rings (SSSR count). The summed E-state index contributed by atoms with van der Waals surface area (Å²) in [5.74, 6) is 2.29. The molecule has 1 aliphatic heterocycles. The Balaban J connectivity index is 1.87. The quantitative estimate of drug-likeness (QED) is 0.846. The topological polar surface area (TPSA) is 42.7 Å². The number of anilines is 1. The number of hydrogen-bond acceptors (Lipinski definition) is 4. The minimum Gasteiger partial charge on any atom is -0.483 e. The van der Waals surface area contributed by atoms with E-state index in [1.54, 1.807) is 0 Å². The maximum atomic E-state index is 6.33. The van der Waals surface area contributed by atoms with E-state index in [9.17, 15) is 0 Å². The Morgan fingerprint density at radius 1 is 1.17 bits per heavy atom.